The van der Waals surface area contributed by atoms with Crippen molar-refractivity contribution in [1.82, 2.24) is 0 Å². The number of hydrogen-bond donors (Lipinski definition) is 0. The van der Waals surface area contributed by atoms with Gasteiger partial charge in [-0.1, -0.05) is 114 Å². The second kappa shape index (κ2) is 17.3. The van der Waals surface area contributed by atoms with E-state index in [0.717, 1.165) is 36.3 Å². The van der Waals surface area contributed by atoms with Crippen LogP contribution in [0.25, 0.3) is 6.08 Å². The van der Waals surface area contributed by atoms with Crippen molar-refractivity contribution in [2.75, 3.05) is 11.6 Å². The number of hydrogen-bond acceptors (Lipinski definition) is 4. The third-order valence-corrected chi connectivity index (χ3v) is 7.16. The summed E-state index contributed by atoms with van der Waals surface area (Å²) in [6.07, 6.45) is 27.4. The van der Waals surface area contributed by atoms with Gasteiger partial charge in [0, 0.05) is 25.1 Å². The van der Waals surface area contributed by atoms with Crippen molar-refractivity contribution in [2.45, 2.75) is 96.8 Å². The number of nitro benzene ring substituents is 1. The molecule has 1 aliphatic heterocycles. The van der Waals surface area contributed by atoms with E-state index in [9.17, 15) is 10.1 Å². The Morgan fingerprint density at radius 2 is 1.42 bits per heavy atom. The maximum Gasteiger partial charge on any atom is 0.269 e. The molecule has 0 aromatic heterocycles. The summed E-state index contributed by atoms with van der Waals surface area (Å²) in [5.74, 6) is 0. The standard InChI is InChI=1S/C33H45N3O2/c1-2-3-4-5-6-7-8-9-10-11-12-13-14-15-16-17-18-29-19-23-31(24-20-29)35-28-27-33(34-35)30-21-25-32(26-22-30)36(37)38/h15-26H,2-14,27-28H2,1H3/b16-15+,18-17+. The molecule has 0 saturated heterocycles. The van der Waals surface area contributed by atoms with Gasteiger partial charge in [-0.25, -0.2) is 0 Å². The van der Waals surface area contributed by atoms with Crippen molar-refractivity contribution in [3.05, 3.63) is 88.0 Å². The van der Waals surface area contributed by atoms with Crippen LogP contribution in [0.4, 0.5) is 11.4 Å². The minimum absolute atomic E-state index is 0.104. The average molecular weight is 516 g/mol. The molecular weight excluding hydrogens is 470 g/mol. The Balaban J connectivity index is 1.28. The van der Waals surface area contributed by atoms with E-state index in [1.165, 1.54) is 94.7 Å². The van der Waals surface area contributed by atoms with Crippen LogP contribution >= 0.6 is 0 Å². The quantitative estimate of drug-likeness (QED) is 0.0859. The van der Waals surface area contributed by atoms with Crippen LogP contribution in [0.1, 0.15) is 108 Å². The van der Waals surface area contributed by atoms with Crippen LogP contribution in [0, 0.1) is 10.1 Å². The zero-order chi connectivity index (χ0) is 26.8. The summed E-state index contributed by atoms with van der Waals surface area (Å²) in [4.78, 5) is 10.5. The molecule has 0 amide bonds. The molecule has 5 nitrogen and oxygen atoms in total. The lowest BCUT2D eigenvalue weighted by molar-refractivity contribution is -0.384. The normalized spacial score (nSPS) is 13.6. The molecule has 0 atom stereocenters. The van der Waals surface area contributed by atoms with E-state index in [1.807, 2.05) is 5.01 Å². The Hall–Kier alpha value is -3.21. The zero-order valence-corrected chi connectivity index (χ0v) is 23.2. The monoisotopic (exact) mass is 515 g/mol. The number of nitrogens with zero attached hydrogens (tertiary/aromatic N) is 3. The lowest BCUT2D eigenvalue weighted by atomic mass is 10.0. The second-order valence-corrected chi connectivity index (χ2v) is 10.3. The first-order valence-corrected chi connectivity index (χ1v) is 14.7. The van der Waals surface area contributed by atoms with Crippen LogP contribution < -0.4 is 5.01 Å². The Bertz CT molecular complexity index is 1040. The van der Waals surface area contributed by atoms with Crippen LogP contribution in [0.2, 0.25) is 0 Å². The molecule has 0 aliphatic carbocycles. The first kappa shape index (κ1) is 29.3. The molecule has 2 aromatic carbocycles. The predicted octanol–water partition coefficient (Wildman–Crippen LogP) is 9.87. The summed E-state index contributed by atoms with van der Waals surface area (Å²) in [5.41, 5.74) is 4.23. The minimum atomic E-state index is -0.377. The van der Waals surface area contributed by atoms with Gasteiger partial charge in [0.05, 0.1) is 16.3 Å². The van der Waals surface area contributed by atoms with Crippen LogP contribution in [0.15, 0.2) is 71.9 Å². The fourth-order valence-electron chi connectivity index (χ4n) is 4.82. The molecule has 1 heterocycles. The molecule has 0 radical (unpaired) electrons. The number of allylic oxidation sites excluding steroid dienone is 3. The maximum atomic E-state index is 10.9. The summed E-state index contributed by atoms with van der Waals surface area (Å²) < 4.78 is 0. The second-order valence-electron chi connectivity index (χ2n) is 10.3. The fourth-order valence-corrected chi connectivity index (χ4v) is 4.82. The highest BCUT2D eigenvalue weighted by molar-refractivity contribution is 6.02. The lowest BCUT2D eigenvalue weighted by Crippen LogP contribution is -2.11. The first-order chi connectivity index (χ1) is 18.7. The molecule has 0 spiro atoms. The van der Waals surface area contributed by atoms with Gasteiger partial charge in [-0.15, -0.1) is 0 Å². The first-order valence-electron chi connectivity index (χ1n) is 14.7. The molecule has 3 rings (SSSR count). The highest BCUT2D eigenvalue weighted by atomic mass is 16.6. The van der Waals surface area contributed by atoms with Gasteiger partial charge in [-0.2, -0.15) is 5.10 Å². The molecule has 204 valence electrons. The molecule has 1 aliphatic rings. The van der Waals surface area contributed by atoms with Gasteiger partial charge < -0.3 is 0 Å². The van der Waals surface area contributed by atoms with E-state index in [0.29, 0.717) is 0 Å². The number of benzene rings is 2. The van der Waals surface area contributed by atoms with Crippen LogP contribution in [0.3, 0.4) is 0 Å². The molecule has 0 fully saturated rings. The Labute approximate surface area is 229 Å². The van der Waals surface area contributed by atoms with Crippen molar-refractivity contribution in [3.8, 4) is 0 Å². The minimum Gasteiger partial charge on any atom is -0.265 e. The molecule has 2 aromatic rings. The Morgan fingerprint density at radius 1 is 0.816 bits per heavy atom. The molecular formula is C33H45N3O2. The number of unbranched alkanes of at least 4 members (excludes halogenated alkanes) is 12. The Morgan fingerprint density at radius 3 is 2.03 bits per heavy atom. The van der Waals surface area contributed by atoms with Crippen LogP contribution in [-0.2, 0) is 0 Å². The smallest absolute Gasteiger partial charge is 0.265 e. The molecule has 38 heavy (non-hydrogen) atoms. The van der Waals surface area contributed by atoms with Gasteiger partial charge >= 0.3 is 0 Å². The van der Waals surface area contributed by atoms with Gasteiger partial charge in [0.1, 0.15) is 0 Å². The van der Waals surface area contributed by atoms with Crippen molar-refractivity contribution in [1.29, 1.82) is 0 Å². The number of anilines is 1. The fraction of sp³-hybridized carbons (Fsp3) is 0.485. The Kier molecular flexibility index (Phi) is 13.4. The van der Waals surface area contributed by atoms with E-state index < -0.39 is 0 Å². The number of nitro groups is 1. The molecule has 0 unspecified atom stereocenters. The predicted molar refractivity (Wildman–Crippen MR) is 162 cm³/mol. The lowest BCUT2D eigenvalue weighted by Gasteiger charge is -2.13. The van der Waals surface area contributed by atoms with Gasteiger partial charge in [0.25, 0.3) is 5.69 Å². The molecule has 0 saturated carbocycles. The van der Waals surface area contributed by atoms with E-state index in [-0.39, 0.29) is 10.6 Å². The number of rotatable bonds is 18. The maximum absolute atomic E-state index is 10.9. The van der Waals surface area contributed by atoms with Crippen molar-refractivity contribution in [2.24, 2.45) is 5.10 Å². The highest BCUT2D eigenvalue weighted by Crippen LogP contribution is 2.23. The summed E-state index contributed by atoms with van der Waals surface area (Å²) in [7, 11) is 0. The number of hydrazone groups is 1. The van der Waals surface area contributed by atoms with E-state index >= 15 is 0 Å². The van der Waals surface area contributed by atoms with Crippen molar-refractivity contribution in [3.63, 3.8) is 0 Å². The summed E-state index contributed by atoms with van der Waals surface area (Å²) in [5, 5.41) is 17.6. The SMILES string of the molecule is CCCCCCCCCCCCCC/C=C/C=C/c1ccc(N2CCC(c3ccc([N+](=O)[O-])cc3)=N2)cc1. The summed E-state index contributed by atoms with van der Waals surface area (Å²) >= 11 is 0. The van der Waals surface area contributed by atoms with Gasteiger partial charge in [-0.3, -0.25) is 15.1 Å². The van der Waals surface area contributed by atoms with Gasteiger partial charge in [0.2, 0.25) is 0 Å². The largest absolute Gasteiger partial charge is 0.269 e. The third-order valence-electron chi connectivity index (χ3n) is 7.16. The molecule has 0 bridgehead atoms. The summed E-state index contributed by atoms with van der Waals surface area (Å²) in [6, 6.07) is 15.0. The summed E-state index contributed by atoms with van der Waals surface area (Å²) in [6.45, 7) is 3.09. The van der Waals surface area contributed by atoms with E-state index in [2.05, 4.69) is 55.5 Å². The highest BCUT2D eigenvalue weighted by Gasteiger charge is 2.18. The topological polar surface area (TPSA) is 58.7 Å². The van der Waals surface area contributed by atoms with E-state index in [4.69, 9.17) is 5.10 Å². The molecule has 0 N–H and O–H groups in total. The average Bonchev–Trinajstić information content (AvgIpc) is 3.44. The third kappa shape index (κ3) is 10.6. The van der Waals surface area contributed by atoms with Gasteiger partial charge in [-0.05, 0) is 48.2 Å². The zero-order valence-electron chi connectivity index (χ0n) is 23.2. The van der Waals surface area contributed by atoms with Gasteiger partial charge in [0.15, 0.2) is 0 Å². The van der Waals surface area contributed by atoms with Crippen molar-refractivity contribution >= 4 is 23.2 Å². The van der Waals surface area contributed by atoms with Crippen LogP contribution in [-0.4, -0.2) is 17.2 Å². The van der Waals surface area contributed by atoms with Crippen LogP contribution in [0.5, 0.6) is 0 Å². The van der Waals surface area contributed by atoms with E-state index in [1.54, 1.807) is 12.1 Å². The number of non-ortho nitro benzene ring substituents is 1. The van der Waals surface area contributed by atoms with Crippen molar-refractivity contribution < 1.29 is 4.92 Å². The molecule has 5 heteroatoms.